The molecule has 3 rings (SSSR count). The van der Waals surface area contributed by atoms with Crippen molar-refractivity contribution in [2.24, 2.45) is 0 Å². The Kier molecular flexibility index (Phi) is 2.36. The van der Waals surface area contributed by atoms with E-state index in [0.717, 1.165) is 0 Å². The number of hydrogen-bond acceptors (Lipinski definition) is 5. The van der Waals surface area contributed by atoms with E-state index in [0.29, 0.717) is 28.7 Å². The highest BCUT2D eigenvalue weighted by atomic mass is 19.1. The van der Waals surface area contributed by atoms with Crippen LogP contribution in [-0.2, 0) is 0 Å². The van der Waals surface area contributed by atoms with Gasteiger partial charge in [-0.05, 0) is 30.7 Å². The molecule has 0 radical (unpaired) electrons. The normalized spacial score (nSPS) is 10.8. The first-order valence-electron chi connectivity index (χ1n) is 5.20. The maximum atomic E-state index is 13.2. The second kappa shape index (κ2) is 4.02. The van der Waals surface area contributed by atoms with Crippen molar-refractivity contribution in [1.82, 2.24) is 25.3 Å². The molecule has 0 unspecified atom stereocenters. The van der Waals surface area contributed by atoms with E-state index in [1.54, 1.807) is 19.1 Å². The lowest BCUT2D eigenvalue weighted by molar-refractivity contribution is 0.432. The van der Waals surface area contributed by atoms with Crippen molar-refractivity contribution < 1.29 is 8.91 Å². The molecule has 0 fully saturated rings. The molecule has 2 aromatic heterocycles. The number of halogens is 1. The van der Waals surface area contributed by atoms with Gasteiger partial charge in [-0.25, -0.2) is 9.37 Å². The minimum atomic E-state index is -0.270. The Balaban J connectivity index is 2.00. The summed E-state index contributed by atoms with van der Waals surface area (Å²) in [5.74, 6) is 0.770. The molecular weight excluding hydrogens is 237 g/mol. The van der Waals surface area contributed by atoms with Gasteiger partial charge in [-0.2, -0.15) is 10.1 Å². The fourth-order valence-electron chi connectivity index (χ4n) is 1.53. The summed E-state index contributed by atoms with van der Waals surface area (Å²) in [5.41, 5.74) is 1.18. The van der Waals surface area contributed by atoms with Gasteiger partial charge in [-0.3, -0.25) is 5.10 Å². The van der Waals surface area contributed by atoms with Crippen LogP contribution >= 0.6 is 0 Å². The van der Waals surface area contributed by atoms with E-state index in [-0.39, 0.29) is 5.82 Å². The summed E-state index contributed by atoms with van der Waals surface area (Å²) in [6, 6.07) is 4.59. The van der Waals surface area contributed by atoms with Gasteiger partial charge in [0.15, 0.2) is 5.82 Å². The third kappa shape index (κ3) is 1.75. The number of benzene rings is 1. The summed E-state index contributed by atoms with van der Waals surface area (Å²) >= 11 is 0. The van der Waals surface area contributed by atoms with Crippen molar-refractivity contribution >= 4 is 0 Å². The van der Waals surface area contributed by atoms with Gasteiger partial charge in [0.1, 0.15) is 12.1 Å². The Morgan fingerprint density at radius 3 is 2.94 bits per heavy atom. The van der Waals surface area contributed by atoms with Crippen LogP contribution < -0.4 is 0 Å². The van der Waals surface area contributed by atoms with Crippen LogP contribution in [0.2, 0.25) is 0 Å². The van der Waals surface area contributed by atoms with E-state index < -0.39 is 0 Å². The minimum absolute atomic E-state index is 0.270. The molecule has 1 N–H and O–H groups in total. The molecule has 0 spiro atoms. The third-order valence-electron chi connectivity index (χ3n) is 2.46. The van der Waals surface area contributed by atoms with Gasteiger partial charge in [0.05, 0.1) is 0 Å². The predicted octanol–water partition coefficient (Wildman–Crippen LogP) is 1.97. The molecule has 3 aromatic rings. The Morgan fingerprint density at radius 1 is 1.33 bits per heavy atom. The minimum Gasteiger partial charge on any atom is -0.334 e. The van der Waals surface area contributed by atoms with E-state index in [4.69, 9.17) is 4.52 Å². The van der Waals surface area contributed by atoms with Crippen LogP contribution in [0.3, 0.4) is 0 Å². The molecule has 0 atom stereocenters. The van der Waals surface area contributed by atoms with Gasteiger partial charge < -0.3 is 4.52 Å². The molecule has 7 heteroatoms. The van der Waals surface area contributed by atoms with Crippen LogP contribution in [-0.4, -0.2) is 25.3 Å². The van der Waals surface area contributed by atoms with Crippen molar-refractivity contribution in [1.29, 1.82) is 0 Å². The van der Waals surface area contributed by atoms with E-state index in [1.807, 2.05) is 0 Å². The summed E-state index contributed by atoms with van der Waals surface area (Å²) in [6.07, 6.45) is 1.35. The molecule has 0 amide bonds. The van der Waals surface area contributed by atoms with Crippen LogP contribution in [0, 0.1) is 12.7 Å². The number of hydrogen-bond donors (Lipinski definition) is 1. The summed E-state index contributed by atoms with van der Waals surface area (Å²) < 4.78 is 18.3. The number of aromatic nitrogens is 5. The summed E-state index contributed by atoms with van der Waals surface area (Å²) in [6.45, 7) is 1.67. The molecule has 1 aromatic carbocycles. The predicted molar refractivity (Wildman–Crippen MR) is 59.8 cm³/mol. The van der Waals surface area contributed by atoms with Crippen molar-refractivity contribution in [2.75, 3.05) is 0 Å². The van der Waals surface area contributed by atoms with Crippen molar-refractivity contribution in [3.8, 4) is 23.1 Å². The van der Waals surface area contributed by atoms with E-state index >= 15 is 0 Å². The van der Waals surface area contributed by atoms with Crippen molar-refractivity contribution in [2.45, 2.75) is 6.92 Å². The zero-order valence-electron chi connectivity index (χ0n) is 9.38. The molecule has 0 saturated heterocycles. The van der Waals surface area contributed by atoms with Gasteiger partial charge >= 0.3 is 0 Å². The van der Waals surface area contributed by atoms with Gasteiger partial charge in [0.2, 0.25) is 5.82 Å². The highest BCUT2D eigenvalue weighted by molar-refractivity contribution is 5.56. The largest absolute Gasteiger partial charge is 0.334 e. The number of H-pyrrole nitrogens is 1. The van der Waals surface area contributed by atoms with E-state index in [9.17, 15) is 4.39 Å². The van der Waals surface area contributed by atoms with Crippen LogP contribution in [0.15, 0.2) is 29.0 Å². The zero-order chi connectivity index (χ0) is 12.5. The first kappa shape index (κ1) is 10.6. The van der Waals surface area contributed by atoms with Crippen LogP contribution in [0.25, 0.3) is 23.1 Å². The highest BCUT2D eigenvalue weighted by Gasteiger charge is 2.13. The quantitative estimate of drug-likeness (QED) is 0.746. The topological polar surface area (TPSA) is 80.5 Å². The molecule has 0 aliphatic rings. The van der Waals surface area contributed by atoms with Crippen LogP contribution in [0.1, 0.15) is 5.56 Å². The lowest BCUT2D eigenvalue weighted by atomic mass is 10.1. The van der Waals surface area contributed by atoms with Gasteiger partial charge in [-0.15, -0.1) is 0 Å². The lowest BCUT2D eigenvalue weighted by Gasteiger charge is -1.97. The van der Waals surface area contributed by atoms with Crippen molar-refractivity contribution in [3.63, 3.8) is 0 Å². The van der Waals surface area contributed by atoms with Gasteiger partial charge in [0, 0.05) is 5.56 Å². The Morgan fingerprint density at radius 2 is 2.22 bits per heavy atom. The summed E-state index contributed by atoms with van der Waals surface area (Å²) in [5, 5.41) is 10.1. The SMILES string of the molecule is Cc1cc(-c2nc(-c3ncn[nH]3)no2)ccc1F. The first-order chi connectivity index (χ1) is 8.74. The Labute approximate surface area is 101 Å². The Hall–Kier alpha value is -2.57. The molecule has 0 aliphatic carbocycles. The van der Waals surface area contributed by atoms with Crippen molar-refractivity contribution in [3.05, 3.63) is 35.9 Å². The number of nitrogens with one attached hydrogen (secondary N) is 1. The number of nitrogens with zero attached hydrogens (tertiary/aromatic N) is 4. The van der Waals surface area contributed by atoms with E-state index in [2.05, 4.69) is 25.3 Å². The monoisotopic (exact) mass is 245 g/mol. The zero-order valence-corrected chi connectivity index (χ0v) is 9.38. The van der Waals surface area contributed by atoms with Gasteiger partial charge in [-0.1, -0.05) is 5.16 Å². The average molecular weight is 245 g/mol. The molecule has 0 bridgehead atoms. The standard InChI is InChI=1S/C11H8FN5O/c1-6-4-7(2-3-8(6)12)11-15-10(17-18-11)9-13-5-14-16-9/h2-5H,1H3,(H,13,14,16). The van der Waals surface area contributed by atoms with Gasteiger partial charge in [0.25, 0.3) is 5.89 Å². The molecule has 0 aliphatic heterocycles. The number of aryl methyl sites for hydroxylation is 1. The molecule has 2 heterocycles. The molecular formula is C11H8FN5O. The number of rotatable bonds is 2. The Bertz CT molecular complexity index is 677. The average Bonchev–Trinajstić information content (AvgIpc) is 3.01. The number of aromatic amines is 1. The fraction of sp³-hybridized carbons (Fsp3) is 0.0909. The summed E-state index contributed by atoms with van der Waals surface area (Å²) in [7, 11) is 0. The summed E-state index contributed by atoms with van der Waals surface area (Å²) in [4.78, 5) is 8.07. The third-order valence-corrected chi connectivity index (χ3v) is 2.46. The molecule has 18 heavy (non-hydrogen) atoms. The fourth-order valence-corrected chi connectivity index (χ4v) is 1.53. The molecule has 6 nitrogen and oxygen atoms in total. The first-order valence-corrected chi connectivity index (χ1v) is 5.20. The second-order valence-corrected chi connectivity index (χ2v) is 3.72. The van der Waals surface area contributed by atoms with Crippen LogP contribution in [0.5, 0.6) is 0 Å². The molecule has 90 valence electrons. The highest BCUT2D eigenvalue weighted by Crippen LogP contribution is 2.22. The maximum absolute atomic E-state index is 13.2. The molecule has 0 saturated carbocycles. The second-order valence-electron chi connectivity index (χ2n) is 3.72. The van der Waals surface area contributed by atoms with E-state index in [1.165, 1.54) is 12.4 Å². The lowest BCUT2D eigenvalue weighted by Crippen LogP contribution is -1.86. The maximum Gasteiger partial charge on any atom is 0.258 e. The van der Waals surface area contributed by atoms with Crippen LogP contribution in [0.4, 0.5) is 4.39 Å². The smallest absolute Gasteiger partial charge is 0.258 e.